The van der Waals surface area contributed by atoms with E-state index in [1.165, 1.54) is 0 Å². The molecule has 0 saturated heterocycles. The van der Waals surface area contributed by atoms with Gasteiger partial charge in [-0.2, -0.15) is 0 Å². The highest BCUT2D eigenvalue weighted by Gasteiger charge is 2.16. The van der Waals surface area contributed by atoms with Crippen LogP contribution in [0.15, 0.2) is 24.3 Å². The van der Waals surface area contributed by atoms with Gasteiger partial charge in [-0.05, 0) is 30.5 Å². The number of nitrogens with one attached hydrogen (secondary N) is 2. The normalized spacial score (nSPS) is 11.6. The van der Waals surface area contributed by atoms with Crippen molar-refractivity contribution in [2.75, 3.05) is 20.3 Å². The number of hydrogen-bond donors (Lipinski definition) is 3. The maximum Gasteiger partial charge on any atom is 0.309 e. The quantitative estimate of drug-likeness (QED) is 0.629. The number of hydrogen-bond acceptors (Lipinski definition) is 4. The van der Waals surface area contributed by atoms with E-state index >= 15 is 0 Å². The first kappa shape index (κ1) is 17.0. The van der Waals surface area contributed by atoms with Crippen molar-refractivity contribution >= 4 is 11.8 Å². The maximum atomic E-state index is 11.6. The van der Waals surface area contributed by atoms with Crippen molar-refractivity contribution in [2.24, 2.45) is 0 Å². The van der Waals surface area contributed by atoms with Crippen LogP contribution >= 0.6 is 0 Å². The summed E-state index contributed by atoms with van der Waals surface area (Å²) in [5.41, 5.74) is 1.04. The van der Waals surface area contributed by atoms with Gasteiger partial charge < -0.3 is 20.5 Å². The second kappa shape index (κ2) is 8.97. The van der Waals surface area contributed by atoms with E-state index in [2.05, 4.69) is 10.6 Å². The molecule has 116 valence electrons. The molecule has 0 spiro atoms. The topological polar surface area (TPSA) is 87.7 Å². The van der Waals surface area contributed by atoms with Crippen LogP contribution in [0.25, 0.3) is 0 Å². The van der Waals surface area contributed by atoms with Crippen LogP contribution in [0.3, 0.4) is 0 Å². The highest BCUT2D eigenvalue weighted by molar-refractivity contribution is 6.35. The van der Waals surface area contributed by atoms with E-state index in [1.54, 1.807) is 7.11 Å². The predicted octanol–water partition coefficient (Wildman–Crippen LogP) is 0.241. The summed E-state index contributed by atoms with van der Waals surface area (Å²) >= 11 is 0. The first-order valence-electron chi connectivity index (χ1n) is 6.93. The fraction of sp³-hybridized carbons (Fsp3) is 0.467. The van der Waals surface area contributed by atoms with Gasteiger partial charge >= 0.3 is 11.8 Å². The van der Waals surface area contributed by atoms with Crippen LogP contribution in [0.2, 0.25) is 0 Å². The summed E-state index contributed by atoms with van der Waals surface area (Å²) in [6.07, 6.45) is 1.20. The highest BCUT2D eigenvalue weighted by atomic mass is 16.5. The van der Waals surface area contributed by atoms with Crippen molar-refractivity contribution in [2.45, 2.75) is 25.8 Å². The fourth-order valence-corrected chi connectivity index (χ4v) is 1.72. The minimum atomic E-state index is -0.717. The third kappa shape index (κ3) is 5.83. The molecule has 0 aliphatic rings. The molecule has 3 N–H and O–H groups in total. The van der Waals surface area contributed by atoms with E-state index in [0.717, 1.165) is 11.3 Å². The SMILES string of the molecule is CCC(CO)NC(=O)C(=O)NCCc1ccc(OC)cc1. The molecule has 0 fully saturated rings. The van der Waals surface area contributed by atoms with E-state index in [9.17, 15) is 9.59 Å². The second-order valence-corrected chi connectivity index (χ2v) is 4.62. The molecule has 0 aliphatic carbocycles. The third-order valence-electron chi connectivity index (χ3n) is 3.11. The highest BCUT2D eigenvalue weighted by Crippen LogP contribution is 2.11. The summed E-state index contributed by atoms with van der Waals surface area (Å²) in [6, 6.07) is 7.12. The molecular weight excluding hydrogens is 272 g/mol. The fourth-order valence-electron chi connectivity index (χ4n) is 1.72. The van der Waals surface area contributed by atoms with Gasteiger partial charge in [-0.25, -0.2) is 0 Å². The molecular formula is C15H22N2O4. The Morgan fingerprint density at radius 1 is 1.24 bits per heavy atom. The van der Waals surface area contributed by atoms with Gasteiger partial charge in [-0.1, -0.05) is 19.1 Å². The summed E-state index contributed by atoms with van der Waals surface area (Å²) in [5, 5.41) is 14.0. The predicted molar refractivity (Wildman–Crippen MR) is 79.0 cm³/mol. The van der Waals surface area contributed by atoms with Crippen molar-refractivity contribution < 1.29 is 19.4 Å². The van der Waals surface area contributed by atoms with E-state index in [0.29, 0.717) is 19.4 Å². The lowest BCUT2D eigenvalue weighted by Gasteiger charge is -2.13. The van der Waals surface area contributed by atoms with Crippen molar-refractivity contribution in [3.05, 3.63) is 29.8 Å². The maximum absolute atomic E-state index is 11.6. The van der Waals surface area contributed by atoms with Gasteiger partial charge in [-0.3, -0.25) is 9.59 Å². The summed E-state index contributed by atoms with van der Waals surface area (Å²) in [5.74, 6) is -0.627. The Balaban J connectivity index is 2.33. The van der Waals surface area contributed by atoms with Crippen molar-refractivity contribution in [3.8, 4) is 5.75 Å². The molecule has 0 aliphatic heterocycles. The van der Waals surface area contributed by atoms with Crippen LogP contribution in [0.5, 0.6) is 5.75 Å². The number of rotatable bonds is 7. The molecule has 2 amide bonds. The van der Waals surface area contributed by atoms with Gasteiger partial charge in [0, 0.05) is 6.54 Å². The standard InChI is InChI=1S/C15H22N2O4/c1-3-12(10-18)17-15(20)14(19)16-9-8-11-4-6-13(21-2)7-5-11/h4-7,12,18H,3,8-10H2,1-2H3,(H,16,19)(H,17,20). The molecule has 0 bridgehead atoms. The lowest BCUT2D eigenvalue weighted by molar-refractivity contribution is -0.139. The Morgan fingerprint density at radius 2 is 1.90 bits per heavy atom. The molecule has 0 aromatic heterocycles. The van der Waals surface area contributed by atoms with Crippen LogP contribution in [0.1, 0.15) is 18.9 Å². The summed E-state index contributed by atoms with van der Waals surface area (Å²) in [6.45, 7) is 2.01. The number of carbonyl (C=O) groups excluding carboxylic acids is 2. The van der Waals surface area contributed by atoms with Crippen LogP contribution in [0, 0.1) is 0 Å². The van der Waals surface area contributed by atoms with E-state index in [-0.39, 0.29) is 12.6 Å². The zero-order chi connectivity index (χ0) is 15.7. The Hall–Kier alpha value is -2.08. The first-order valence-corrected chi connectivity index (χ1v) is 6.93. The van der Waals surface area contributed by atoms with Gasteiger partial charge in [0.2, 0.25) is 0 Å². The smallest absolute Gasteiger partial charge is 0.309 e. The van der Waals surface area contributed by atoms with Crippen LogP contribution in [0.4, 0.5) is 0 Å². The van der Waals surface area contributed by atoms with Gasteiger partial charge in [0.15, 0.2) is 0 Å². The van der Waals surface area contributed by atoms with Crippen LogP contribution < -0.4 is 15.4 Å². The van der Waals surface area contributed by atoms with Gasteiger partial charge in [-0.15, -0.1) is 0 Å². The molecule has 1 unspecified atom stereocenters. The van der Waals surface area contributed by atoms with Crippen molar-refractivity contribution in [3.63, 3.8) is 0 Å². The molecule has 1 aromatic rings. The van der Waals surface area contributed by atoms with Crippen LogP contribution in [-0.2, 0) is 16.0 Å². The summed E-state index contributed by atoms with van der Waals surface area (Å²) in [7, 11) is 1.60. The molecule has 1 aromatic carbocycles. The molecule has 6 nitrogen and oxygen atoms in total. The lowest BCUT2D eigenvalue weighted by atomic mass is 10.1. The Morgan fingerprint density at radius 3 is 2.43 bits per heavy atom. The number of amides is 2. The van der Waals surface area contributed by atoms with Gasteiger partial charge in [0.25, 0.3) is 0 Å². The van der Waals surface area contributed by atoms with Gasteiger partial charge in [0.05, 0.1) is 19.8 Å². The van der Waals surface area contributed by atoms with Gasteiger partial charge in [0.1, 0.15) is 5.75 Å². The third-order valence-corrected chi connectivity index (χ3v) is 3.11. The largest absolute Gasteiger partial charge is 0.497 e. The average molecular weight is 294 g/mol. The summed E-state index contributed by atoms with van der Waals surface area (Å²) in [4.78, 5) is 23.1. The van der Waals surface area contributed by atoms with E-state index in [4.69, 9.17) is 9.84 Å². The Bertz CT molecular complexity index is 455. The zero-order valence-electron chi connectivity index (χ0n) is 12.4. The van der Waals surface area contributed by atoms with Crippen molar-refractivity contribution in [1.82, 2.24) is 10.6 Å². The number of aliphatic hydroxyl groups is 1. The molecule has 6 heteroatoms. The van der Waals surface area contributed by atoms with Crippen LogP contribution in [-0.4, -0.2) is 43.2 Å². The second-order valence-electron chi connectivity index (χ2n) is 4.62. The minimum absolute atomic E-state index is 0.179. The number of ether oxygens (including phenoxy) is 1. The number of carbonyl (C=O) groups is 2. The zero-order valence-corrected chi connectivity index (χ0v) is 12.4. The molecule has 1 rings (SSSR count). The Kier molecular flexibility index (Phi) is 7.25. The molecule has 21 heavy (non-hydrogen) atoms. The lowest BCUT2D eigenvalue weighted by Crippen LogP contribution is -2.46. The van der Waals surface area contributed by atoms with Crippen molar-refractivity contribution in [1.29, 1.82) is 0 Å². The monoisotopic (exact) mass is 294 g/mol. The number of methoxy groups -OCH3 is 1. The number of aliphatic hydroxyl groups excluding tert-OH is 1. The average Bonchev–Trinajstić information content (AvgIpc) is 2.52. The van der Waals surface area contributed by atoms with E-state index < -0.39 is 11.8 Å². The number of benzene rings is 1. The minimum Gasteiger partial charge on any atom is -0.497 e. The molecule has 0 saturated carbocycles. The molecule has 0 radical (unpaired) electrons. The molecule has 0 heterocycles. The summed E-state index contributed by atoms with van der Waals surface area (Å²) < 4.78 is 5.06. The van der Waals surface area contributed by atoms with E-state index in [1.807, 2.05) is 31.2 Å². The molecule has 1 atom stereocenters. The Labute approximate surface area is 124 Å². The first-order chi connectivity index (χ1) is 10.1.